The Bertz CT molecular complexity index is 753. The summed E-state index contributed by atoms with van der Waals surface area (Å²) in [6.45, 7) is 1.45. The van der Waals surface area contributed by atoms with Crippen molar-refractivity contribution in [2.45, 2.75) is 30.5 Å². The summed E-state index contributed by atoms with van der Waals surface area (Å²) in [5, 5.41) is 12.9. The quantitative estimate of drug-likeness (QED) is 0.894. The van der Waals surface area contributed by atoms with Crippen molar-refractivity contribution in [1.29, 1.82) is 0 Å². The molecule has 2 aromatic rings. The van der Waals surface area contributed by atoms with Crippen molar-refractivity contribution in [1.82, 2.24) is 4.90 Å². The van der Waals surface area contributed by atoms with Gasteiger partial charge in [-0.25, -0.2) is 4.39 Å². The van der Waals surface area contributed by atoms with Crippen LogP contribution >= 0.6 is 11.3 Å². The molecule has 3 heterocycles. The number of likely N-dealkylation sites (tertiary alicyclic amines) is 1. The number of piperidine rings is 1. The first-order valence-electron chi connectivity index (χ1n) is 8.45. The summed E-state index contributed by atoms with van der Waals surface area (Å²) < 4.78 is 19.2. The lowest BCUT2D eigenvalue weighted by Crippen LogP contribution is -2.46. The summed E-state index contributed by atoms with van der Waals surface area (Å²) in [4.78, 5) is 15.1. The SMILES string of the molecule is O=C(c1cccs1)N1CCC2(CC1)CC(O)(c1ccc(F)cc1)CO2. The fraction of sp³-hybridized carbons (Fsp3) is 0.421. The molecule has 0 radical (unpaired) electrons. The Balaban J connectivity index is 1.43. The van der Waals surface area contributed by atoms with Crippen LogP contribution in [0.2, 0.25) is 0 Å². The monoisotopic (exact) mass is 361 g/mol. The first-order valence-corrected chi connectivity index (χ1v) is 9.33. The summed E-state index contributed by atoms with van der Waals surface area (Å²) in [5.74, 6) is -0.252. The fourth-order valence-electron chi connectivity index (χ4n) is 3.85. The molecule has 2 saturated heterocycles. The van der Waals surface area contributed by atoms with Gasteiger partial charge in [-0.3, -0.25) is 4.79 Å². The molecule has 25 heavy (non-hydrogen) atoms. The Morgan fingerprint density at radius 1 is 1.20 bits per heavy atom. The maximum Gasteiger partial charge on any atom is 0.263 e. The zero-order valence-corrected chi connectivity index (χ0v) is 14.6. The third-order valence-electron chi connectivity index (χ3n) is 5.31. The number of aliphatic hydroxyl groups is 1. The van der Waals surface area contributed by atoms with E-state index in [1.54, 1.807) is 12.1 Å². The summed E-state index contributed by atoms with van der Waals surface area (Å²) in [6, 6.07) is 9.68. The van der Waals surface area contributed by atoms with Gasteiger partial charge >= 0.3 is 0 Å². The molecule has 1 N–H and O–H groups in total. The maximum atomic E-state index is 13.1. The molecule has 1 atom stereocenters. The van der Waals surface area contributed by atoms with Crippen LogP contribution < -0.4 is 0 Å². The van der Waals surface area contributed by atoms with Crippen molar-refractivity contribution in [2.24, 2.45) is 0 Å². The maximum absolute atomic E-state index is 13.1. The molecule has 0 bridgehead atoms. The second-order valence-corrected chi connectivity index (χ2v) is 7.90. The number of ether oxygens (including phenoxy) is 1. The molecule has 132 valence electrons. The van der Waals surface area contributed by atoms with Gasteiger partial charge in [0.2, 0.25) is 0 Å². The van der Waals surface area contributed by atoms with Gasteiger partial charge in [-0.05, 0) is 42.0 Å². The Morgan fingerprint density at radius 3 is 2.56 bits per heavy atom. The van der Waals surface area contributed by atoms with Crippen molar-refractivity contribution < 1.29 is 19.0 Å². The van der Waals surface area contributed by atoms with Gasteiger partial charge in [0.05, 0.1) is 17.1 Å². The fourth-order valence-corrected chi connectivity index (χ4v) is 4.54. The van der Waals surface area contributed by atoms with E-state index in [1.807, 2.05) is 22.4 Å². The van der Waals surface area contributed by atoms with Crippen molar-refractivity contribution in [3.63, 3.8) is 0 Å². The topological polar surface area (TPSA) is 49.8 Å². The lowest BCUT2D eigenvalue weighted by Gasteiger charge is -2.39. The van der Waals surface area contributed by atoms with Crippen LogP contribution in [-0.4, -0.2) is 41.2 Å². The van der Waals surface area contributed by atoms with Crippen molar-refractivity contribution in [3.8, 4) is 0 Å². The molecule has 2 fully saturated rings. The Morgan fingerprint density at radius 2 is 1.92 bits per heavy atom. The third-order valence-corrected chi connectivity index (χ3v) is 6.17. The van der Waals surface area contributed by atoms with Crippen LogP contribution in [0.4, 0.5) is 4.39 Å². The number of carbonyl (C=O) groups is 1. The van der Waals surface area contributed by atoms with Crippen molar-refractivity contribution in [2.75, 3.05) is 19.7 Å². The second kappa shape index (κ2) is 6.20. The van der Waals surface area contributed by atoms with Gasteiger partial charge < -0.3 is 14.7 Å². The number of hydrogen-bond acceptors (Lipinski definition) is 4. The number of rotatable bonds is 2. The molecule has 2 aliphatic rings. The summed E-state index contributed by atoms with van der Waals surface area (Å²) in [5.41, 5.74) is -0.814. The van der Waals surface area contributed by atoms with E-state index >= 15 is 0 Å². The second-order valence-electron chi connectivity index (χ2n) is 6.96. The van der Waals surface area contributed by atoms with Gasteiger partial charge in [-0.1, -0.05) is 18.2 Å². The molecule has 1 aromatic heterocycles. The first kappa shape index (κ1) is 16.7. The van der Waals surface area contributed by atoms with Crippen molar-refractivity contribution >= 4 is 17.2 Å². The largest absolute Gasteiger partial charge is 0.383 e. The third kappa shape index (κ3) is 3.10. The zero-order chi connectivity index (χ0) is 17.5. The molecule has 6 heteroatoms. The molecular formula is C19H20FNO3S. The molecule has 4 rings (SSSR count). The molecule has 0 aliphatic carbocycles. The van der Waals surface area contributed by atoms with Crippen LogP contribution in [0.5, 0.6) is 0 Å². The molecular weight excluding hydrogens is 341 g/mol. The Kier molecular flexibility index (Phi) is 4.14. The number of amides is 1. The molecule has 1 aromatic carbocycles. The number of hydrogen-bond donors (Lipinski definition) is 1. The minimum atomic E-state index is -1.09. The number of thiophene rings is 1. The van der Waals surface area contributed by atoms with Crippen LogP contribution in [-0.2, 0) is 10.3 Å². The summed E-state index contributed by atoms with van der Waals surface area (Å²) in [6.07, 6.45) is 1.88. The average molecular weight is 361 g/mol. The van der Waals surface area contributed by atoms with Crippen LogP contribution in [0, 0.1) is 5.82 Å². The highest BCUT2D eigenvalue weighted by atomic mass is 32.1. The molecule has 1 amide bonds. The highest BCUT2D eigenvalue weighted by Crippen LogP contribution is 2.45. The van der Waals surface area contributed by atoms with Gasteiger partial charge in [0.15, 0.2) is 0 Å². The van der Waals surface area contributed by atoms with E-state index in [-0.39, 0.29) is 18.3 Å². The number of benzene rings is 1. The minimum absolute atomic E-state index is 0.0663. The Labute approximate surface area is 149 Å². The highest BCUT2D eigenvalue weighted by Gasteiger charge is 2.50. The molecule has 4 nitrogen and oxygen atoms in total. The van der Waals surface area contributed by atoms with Gasteiger partial charge in [-0.15, -0.1) is 11.3 Å². The smallest absolute Gasteiger partial charge is 0.263 e. The first-order chi connectivity index (χ1) is 12.0. The van der Waals surface area contributed by atoms with Crippen molar-refractivity contribution in [3.05, 3.63) is 58.0 Å². The van der Waals surface area contributed by atoms with Gasteiger partial charge in [0.25, 0.3) is 5.91 Å². The Hall–Kier alpha value is -1.76. The lowest BCUT2D eigenvalue weighted by molar-refractivity contribution is -0.0430. The standard InChI is InChI=1S/C19H20FNO3S/c20-15-5-3-14(4-6-15)19(23)12-18(24-13-19)7-9-21(10-8-18)17(22)16-2-1-11-25-16/h1-6,11,23H,7-10,12-13H2. The molecule has 2 aliphatic heterocycles. The van der Waals surface area contributed by atoms with E-state index < -0.39 is 11.2 Å². The lowest BCUT2D eigenvalue weighted by atomic mass is 9.80. The van der Waals surface area contributed by atoms with Gasteiger partial charge in [-0.2, -0.15) is 0 Å². The van der Waals surface area contributed by atoms with E-state index in [0.29, 0.717) is 37.9 Å². The average Bonchev–Trinajstić information content (AvgIpc) is 3.25. The van der Waals surface area contributed by atoms with Crippen LogP contribution in [0.15, 0.2) is 41.8 Å². The van der Waals surface area contributed by atoms with E-state index in [2.05, 4.69) is 0 Å². The number of halogens is 1. The highest BCUT2D eigenvalue weighted by molar-refractivity contribution is 7.12. The van der Waals surface area contributed by atoms with E-state index in [0.717, 1.165) is 4.88 Å². The van der Waals surface area contributed by atoms with Gasteiger partial charge in [0.1, 0.15) is 11.4 Å². The van der Waals surface area contributed by atoms with E-state index in [1.165, 1.54) is 23.5 Å². The summed E-state index contributed by atoms with van der Waals surface area (Å²) >= 11 is 1.45. The normalized spacial score (nSPS) is 25.4. The van der Waals surface area contributed by atoms with Gasteiger partial charge in [0, 0.05) is 19.5 Å². The molecule has 1 unspecified atom stereocenters. The number of nitrogens with zero attached hydrogens (tertiary/aromatic N) is 1. The molecule has 0 saturated carbocycles. The zero-order valence-electron chi connectivity index (χ0n) is 13.8. The number of carbonyl (C=O) groups excluding carboxylic acids is 1. The minimum Gasteiger partial charge on any atom is -0.383 e. The van der Waals surface area contributed by atoms with Crippen LogP contribution in [0.3, 0.4) is 0 Å². The summed E-state index contributed by atoms with van der Waals surface area (Å²) in [7, 11) is 0. The van der Waals surface area contributed by atoms with E-state index in [4.69, 9.17) is 4.74 Å². The van der Waals surface area contributed by atoms with E-state index in [9.17, 15) is 14.3 Å². The predicted molar refractivity (Wildman–Crippen MR) is 93.1 cm³/mol. The van der Waals surface area contributed by atoms with Crippen LogP contribution in [0.1, 0.15) is 34.5 Å². The molecule has 1 spiro atoms. The predicted octanol–water partition coefficient (Wildman–Crippen LogP) is 3.17. The van der Waals surface area contributed by atoms with Crippen LogP contribution in [0.25, 0.3) is 0 Å².